The lowest BCUT2D eigenvalue weighted by Gasteiger charge is -2.13. The van der Waals surface area contributed by atoms with Gasteiger partial charge in [0.1, 0.15) is 17.5 Å². The first kappa shape index (κ1) is 25.3. The molecule has 0 spiro atoms. The Balaban J connectivity index is 1.54. The van der Waals surface area contributed by atoms with Gasteiger partial charge in [0.15, 0.2) is 5.69 Å². The highest BCUT2D eigenvalue weighted by atomic mass is 16.5. The Morgan fingerprint density at radius 1 is 1.13 bits per heavy atom. The summed E-state index contributed by atoms with van der Waals surface area (Å²) in [6.07, 6.45) is 3.22. The lowest BCUT2D eigenvalue weighted by Crippen LogP contribution is -2.28. The quantitative estimate of drug-likeness (QED) is 0.282. The van der Waals surface area contributed by atoms with Gasteiger partial charge < -0.3 is 29.8 Å². The lowest BCUT2D eigenvalue weighted by molar-refractivity contribution is -0.124. The number of aryl methyl sites for hydroxylation is 2. The van der Waals surface area contributed by atoms with E-state index >= 15 is 0 Å². The molecule has 9 nitrogen and oxygen atoms in total. The summed E-state index contributed by atoms with van der Waals surface area (Å²) in [7, 11) is 1.32. The molecule has 1 saturated heterocycles. The number of aromatic nitrogens is 2. The van der Waals surface area contributed by atoms with E-state index in [1.807, 2.05) is 42.5 Å². The summed E-state index contributed by atoms with van der Waals surface area (Å²) in [5.74, 6) is -0.670. The lowest BCUT2D eigenvalue weighted by atomic mass is 10.1. The Bertz CT molecular complexity index is 1440. The van der Waals surface area contributed by atoms with E-state index in [2.05, 4.69) is 15.6 Å². The maximum absolute atomic E-state index is 13.1. The van der Waals surface area contributed by atoms with Crippen LogP contribution >= 0.6 is 0 Å². The second kappa shape index (κ2) is 11.4. The molecule has 4 aromatic rings. The number of carbonyl (C=O) groups is 2. The van der Waals surface area contributed by atoms with Gasteiger partial charge in [0.25, 0.3) is 5.91 Å². The number of aromatic hydroxyl groups is 1. The van der Waals surface area contributed by atoms with Crippen molar-refractivity contribution < 1.29 is 24.2 Å². The minimum absolute atomic E-state index is 0.190. The number of carbonyl (C=O) groups excluding carboxylic acids is 2. The van der Waals surface area contributed by atoms with E-state index in [-0.39, 0.29) is 17.4 Å². The van der Waals surface area contributed by atoms with Crippen LogP contribution in [0.25, 0.3) is 11.0 Å². The normalized spacial score (nSPS) is 14.9. The molecule has 2 aromatic heterocycles. The van der Waals surface area contributed by atoms with Crippen LogP contribution in [0.15, 0.2) is 66.9 Å². The highest BCUT2D eigenvalue weighted by molar-refractivity contribution is 6.12. The van der Waals surface area contributed by atoms with E-state index in [0.29, 0.717) is 54.9 Å². The van der Waals surface area contributed by atoms with Gasteiger partial charge in [0, 0.05) is 25.1 Å². The van der Waals surface area contributed by atoms with Crippen LogP contribution in [0, 0.1) is 0 Å². The van der Waals surface area contributed by atoms with Crippen LogP contribution in [-0.2, 0) is 33.8 Å². The number of phenolic OH excluding ortho intramolecular Hbond substituents is 1. The van der Waals surface area contributed by atoms with Gasteiger partial charge in [0.2, 0.25) is 0 Å². The Morgan fingerprint density at radius 2 is 1.95 bits per heavy atom. The minimum atomic E-state index is -0.566. The molecule has 38 heavy (non-hydrogen) atoms. The molecule has 0 radical (unpaired) electrons. The van der Waals surface area contributed by atoms with Crippen LogP contribution < -0.4 is 10.6 Å². The number of esters is 1. The van der Waals surface area contributed by atoms with Gasteiger partial charge in [-0.25, -0.2) is 9.78 Å². The number of amides is 1. The first-order valence-electron chi connectivity index (χ1n) is 12.6. The van der Waals surface area contributed by atoms with E-state index in [1.165, 1.54) is 7.11 Å². The average molecular weight is 515 g/mol. The van der Waals surface area contributed by atoms with Crippen LogP contribution in [-0.4, -0.2) is 46.4 Å². The van der Waals surface area contributed by atoms with Crippen LogP contribution in [0.1, 0.15) is 34.5 Å². The summed E-state index contributed by atoms with van der Waals surface area (Å²) in [6.45, 7) is 1.45. The van der Waals surface area contributed by atoms with Crippen molar-refractivity contribution in [1.29, 1.82) is 0 Å². The molecule has 1 aliphatic rings. The molecular formula is C29H30N4O5. The van der Waals surface area contributed by atoms with Gasteiger partial charge in [-0.2, -0.15) is 0 Å². The molecular weight excluding hydrogens is 484 g/mol. The van der Waals surface area contributed by atoms with E-state index in [9.17, 15) is 14.7 Å². The van der Waals surface area contributed by atoms with Gasteiger partial charge in [-0.05, 0) is 48.6 Å². The maximum Gasteiger partial charge on any atom is 0.356 e. The highest BCUT2D eigenvalue weighted by Gasteiger charge is 2.30. The van der Waals surface area contributed by atoms with Crippen LogP contribution in [0.5, 0.6) is 5.75 Å². The zero-order valence-corrected chi connectivity index (χ0v) is 21.1. The average Bonchev–Trinajstić information content (AvgIpc) is 3.58. The number of ether oxygens (including phenoxy) is 2. The van der Waals surface area contributed by atoms with E-state index < -0.39 is 12.1 Å². The Kier molecular flexibility index (Phi) is 7.55. The molecule has 9 heteroatoms. The Morgan fingerprint density at radius 3 is 2.68 bits per heavy atom. The number of hydrogen-bond donors (Lipinski definition) is 3. The number of methoxy groups -OCH3 is 1. The molecule has 3 N–H and O–H groups in total. The number of benzene rings is 2. The first-order chi connectivity index (χ1) is 18.5. The first-order valence-corrected chi connectivity index (χ1v) is 12.6. The van der Waals surface area contributed by atoms with Gasteiger partial charge in [-0.3, -0.25) is 4.79 Å². The third kappa shape index (κ3) is 5.47. The molecule has 2 aromatic carbocycles. The van der Waals surface area contributed by atoms with Gasteiger partial charge >= 0.3 is 5.97 Å². The maximum atomic E-state index is 13.1. The van der Waals surface area contributed by atoms with Gasteiger partial charge in [0.05, 0.1) is 24.7 Å². The number of hydrogen-bond acceptors (Lipinski definition) is 7. The molecule has 1 amide bonds. The summed E-state index contributed by atoms with van der Waals surface area (Å²) < 4.78 is 12.5. The fourth-order valence-corrected chi connectivity index (χ4v) is 4.72. The number of fused-ring (bicyclic) bond motifs is 1. The largest absolute Gasteiger partial charge is 0.508 e. The van der Waals surface area contributed by atoms with Crippen molar-refractivity contribution in [2.24, 2.45) is 0 Å². The second-order valence-corrected chi connectivity index (χ2v) is 9.21. The molecule has 1 aliphatic heterocycles. The molecule has 196 valence electrons. The standard InChI is InChI=1S/C29H30N4O5/c1-37-29(36)26-25(32-28(35)24-11-6-14-38-24)23-16-21(30-17-20-9-5-10-22(34)15-20)18-31-27(23)33(26)13-12-19-7-3-2-4-8-19/h2-5,7-10,15-16,18,24,30,34H,6,11-14,17H2,1H3,(H,32,35). The second-order valence-electron chi connectivity index (χ2n) is 9.21. The van der Waals surface area contributed by atoms with Crippen molar-refractivity contribution in [2.45, 2.75) is 38.5 Å². The fourth-order valence-electron chi connectivity index (χ4n) is 4.72. The molecule has 0 saturated carbocycles. The number of pyridine rings is 1. The van der Waals surface area contributed by atoms with Crippen LogP contribution in [0.4, 0.5) is 11.4 Å². The predicted molar refractivity (Wildman–Crippen MR) is 144 cm³/mol. The van der Waals surface area contributed by atoms with Gasteiger partial charge in [-0.15, -0.1) is 0 Å². The number of nitrogens with zero attached hydrogens (tertiary/aromatic N) is 2. The van der Waals surface area contributed by atoms with E-state index in [0.717, 1.165) is 17.5 Å². The van der Waals surface area contributed by atoms with Gasteiger partial charge in [-0.1, -0.05) is 42.5 Å². The van der Waals surface area contributed by atoms with Crippen molar-refractivity contribution in [3.63, 3.8) is 0 Å². The van der Waals surface area contributed by atoms with Crippen molar-refractivity contribution in [2.75, 3.05) is 24.4 Å². The van der Waals surface area contributed by atoms with E-state index in [1.54, 1.807) is 29.0 Å². The van der Waals surface area contributed by atoms with Crippen molar-refractivity contribution in [3.8, 4) is 5.75 Å². The number of rotatable bonds is 9. The molecule has 1 unspecified atom stereocenters. The topological polar surface area (TPSA) is 115 Å². The van der Waals surface area contributed by atoms with E-state index in [4.69, 9.17) is 9.47 Å². The number of anilines is 2. The monoisotopic (exact) mass is 514 g/mol. The molecule has 5 rings (SSSR count). The fraction of sp³-hybridized carbons (Fsp3) is 0.276. The molecule has 1 atom stereocenters. The van der Waals surface area contributed by atoms with Crippen LogP contribution in [0.2, 0.25) is 0 Å². The summed E-state index contributed by atoms with van der Waals surface area (Å²) in [4.78, 5) is 30.8. The third-order valence-corrected chi connectivity index (χ3v) is 6.62. The molecule has 0 aliphatic carbocycles. The summed E-state index contributed by atoms with van der Waals surface area (Å²) in [5, 5.41) is 16.6. The zero-order valence-electron chi connectivity index (χ0n) is 21.1. The number of nitrogens with one attached hydrogen (secondary N) is 2. The predicted octanol–water partition coefficient (Wildman–Crippen LogP) is 4.50. The van der Waals surface area contributed by atoms with Crippen molar-refractivity contribution >= 4 is 34.3 Å². The summed E-state index contributed by atoms with van der Waals surface area (Å²) in [5.41, 5.74) is 3.86. The SMILES string of the molecule is COC(=O)c1c(NC(=O)C2CCCO2)c2cc(NCc3cccc(O)c3)cnc2n1CCc1ccccc1. The summed E-state index contributed by atoms with van der Waals surface area (Å²) >= 11 is 0. The Hall–Kier alpha value is -4.37. The van der Waals surface area contributed by atoms with Crippen molar-refractivity contribution in [3.05, 3.63) is 83.7 Å². The Labute approximate surface area is 220 Å². The van der Waals surface area contributed by atoms with Crippen molar-refractivity contribution in [1.82, 2.24) is 9.55 Å². The zero-order chi connectivity index (χ0) is 26.5. The van der Waals surface area contributed by atoms with Crippen LogP contribution in [0.3, 0.4) is 0 Å². The molecule has 1 fully saturated rings. The minimum Gasteiger partial charge on any atom is -0.508 e. The highest BCUT2D eigenvalue weighted by Crippen LogP contribution is 2.34. The summed E-state index contributed by atoms with van der Waals surface area (Å²) in [6, 6.07) is 18.8. The third-order valence-electron chi connectivity index (χ3n) is 6.62. The molecule has 3 heterocycles. The molecule has 0 bridgehead atoms. The smallest absolute Gasteiger partial charge is 0.356 e. The number of phenols is 1.